The molecule has 0 aromatic heterocycles. The number of nitriles is 1. The number of thioether (sulfide) groups is 1. The summed E-state index contributed by atoms with van der Waals surface area (Å²) in [5.41, 5.74) is 0.418. The zero-order valence-electron chi connectivity index (χ0n) is 11.5. The van der Waals surface area contributed by atoms with Gasteiger partial charge in [-0.15, -0.1) is 11.8 Å². The summed E-state index contributed by atoms with van der Waals surface area (Å²) in [5.74, 6) is 0.896. The fourth-order valence-electron chi connectivity index (χ4n) is 2.15. The second kappa shape index (κ2) is 7.14. The molecule has 0 saturated heterocycles. The fraction of sp³-hybridized carbons (Fsp3) is 0.235. The molecule has 2 rings (SSSR count). The van der Waals surface area contributed by atoms with Crippen molar-refractivity contribution in [3.63, 3.8) is 0 Å². The minimum atomic E-state index is -0.608. The van der Waals surface area contributed by atoms with Crippen molar-refractivity contribution in [2.75, 3.05) is 12.8 Å². The van der Waals surface area contributed by atoms with Crippen LogP contribution in [-0.2, 0) is 5.54 Å². The Morgan fingerprint density at radius 2 is 1.65 bits per heavy atom. The van der Waals surface area contributed by atoms with Gasteiger partial charge in [0.15, 0.2) is 0 Å². The van der Waals surface area contributed by atoms with Crippen molar-refractivity contribution in [1.82, 2.24) is 5.32 Å². The van der Waals surface area contributed by atoms with E-state index >= 15 is 0 Å². The smallest absolute Gasteiger partial charge is 0.132 e. The van der Waals surface area contributed by atoms with Gasteiger partial charge >= 0.3 is 0 Å². The first-order valence-corrected chi connectivity index (χ1v) is 7.63. The first-order chi connectivity index (χ1) is 9.80. The summed E-state index contributed by atoms with van der Waals surface area (Å²) in [4.78, 5) is 1.24. The Bertz CT molecular complexity index is 563. The maximum atomic E-state index is 9.61. The van der Waals surface area contributed by atoms with E-state index in [1.165, 1.54) is 4.90 Å². The monoisotopic (exact) mass is 282 g/mol. The van der Waals surface area contributed by atoms with Gasteiger partial charge in [-0.2, -0.15) is 5.26 Å². The zero-order chi connectivity index (χ0) is 14.3. The largest absolute Gasteiger partial charge is 0.299 e. The second-order valence-electron chi connectivity index (χ2n) is 4.54. The van der Waals surface area contributed by atoms with E-state index in [4.69, 9.17) is 0 Å². The topological polar surface area (TPSA) is 35.8 Å². The highest BCUT2D eigenvalue weighted by Gasteiger charge is 2.29. The van der Waals surface area contributed by atoms with Crippen LogP contribution in [0.5, 0.6) is 0 Å². The number of rotatable bonds is 6. The van der Waals surface area contributed by atoms with Gasteiger partial charge in [0.1, 0.15) is 5.54 Å². The Labute approximate surface area is 124 Å². The first kappa shape index (κ1) is 14.6. The Balaban J connectivity index is 2.05. The van der Waals surface area contributed by atoms with Crippen molar-refractivity contribution in [3.05, 3.63) is 66.2 Å². The van der Waals surface area contributed by atoms with Crippen LogP contribution in [0.25, 0.3) is 0 Å². The molecule has 0 aliphatic carbocycles. The minimum absolute atomic E-state index is 0.608. The van der Waals surface area contributed by atoms with Crippen molar-refractivity contribution < 1.29 is 0 Å². The van der Waals surface area contributed by atoms with Crippen molar-refractivity contribution in [2.24, 2.45) is 0 Å². The molecule has 2 aromatic rings. The SMILES string of the molecule is CNC(C#N)(CCSc1ccccc1)c1ccccc1. The predicted octanol–water partition coefficient (Wildman–Crippen LogP) is 3.81. The van der Waals surface area contributed by atoms with Crippen LogP contribution in [0.2, 0.25) is 0 Å². The van der Waals surface area contributed by atoms with Gasteiger partial charge in [-0.25, -0.2) is 0 Å². The number of nitrogens with one attached hydrogen (secondary N) is 1. The normalized spacial score (nSPS) is 13.4. The molecule has 0 bridgehead atoms. The summed E-state index contributed by atoms with van der Waals surface area (Å²) in [5, 5.41) is 12.8. The fourth-order valence-corrected chi connectivity index (χ4v) is 3.14. The standard InChI is InChI=1S/C17H18N2S/c1-19-17(14-18,15-8-4-2-5-9-15)12-13-20-16-10-6-3-7-11-16/h2-11,19H,12-13H2,1H3. The molecule has 3 heteroatoms. The van der Waals surface area contributed by atoms with Crippen LogP contribution in [0.1, 0.15) is 12.0 Å². The molecule has 102 valence electrons. The molecule has 0 fully saturated rings. The van der Waals surface area contributed by atoms with E-state index in [-0.39, 0.29) is 0 Å². The minimum Gasteiger partial charge on any atom is -0.299 e. The van der Waals surface area contributed by atoms with E-state index in [2.05, 4.69) is 23.5 Å². The molecule has 1 N–H and O–H groups in total. The number of hydrogen-bond donors (Lipinski definition) is 1. The lowest BCUT2D eigenvalue weighted by Gasteiger charge is -2.26. The molecule has 0 radical (unpaired) electrons. The number of hydrogen-bond acceptors (Lipinski definition) is 3. The van der Waals surface area contributed by atoms with Crippen molar-refractivity contribution in [2.45, 2.75) is 16.9 Å². The van der Waals surface area contributed by atoms with E-state index in [0.717, 1.165) is 17.7 Å². The molecule has 0 aliphatic rings. The maximum absolute atomic E-state index is 9.61. The van der Waals surface area contributed by atoms with E-state index in [1.807, 2.05) is 55.6 Å². The second-order valence-corrected chi connectivity index (χ2v) is 5.71. The predicted molar refractivity (Wildman–Crippen MR) is 84.6 cm³/mol. The molecule has 0 amide bonds. The number of benzene rings is 2. The summed E-state index contributed by atoms with van der Waals surface area (Å²) in [6, 6.07) is 22.7. The Hall–Kier alpha value is -1.76. The summed E-state index contributed by atoms with van der Waals surface area (Å²) in [6.07, 6.45) is 0.767. The van der Waals surface area contributed by atoms with Crippen LogP contribution < -0.4 is 5.32 Å². The average Bonchev–Trinajstić information content (AvgIpc) is 2.54. The van der Waals surface area contributed by atoms with Crippen LogP contribution in [0.4, 0.5) is 0 Å². The molecule has 0 saturated carbocycles. The van der Waals surface area contributed by atoms with Crippen LogP contribution in [0.3, 0.4) is 0 Å². The van der Waals surface area contributed by atoms with E-state index in [0.29, 0.717) is 0 Å². The summed E-state index contributed by atoms with van der Waals surface area (Å²) in [7, 11) is 1.85. The van der Waals surface area contributed by atoms with Crippen molar-refractivity contribution >= 4 is 11.8 Å². The maximum Gasteiger partial charge on any atom is 0.132 e. The van der Waals surface area contributed by atoms with Crippen molar-refractivity contribution in [3.8, 4) is 6.07 Å². The van der Waals surface area contributed by atoms with Gasteiger partial charge in [-0.05, 0) is 31.2 Å². The Kier molecular flexibility index (Phi) is 5.23. The molecular formula is C17H18N2S. The third kappa shape index (κ3) is 3.41. The molecule has 0 heterocycles. The van der Waals surface area contributed by atoms with Gasteiger partial charge in [0.25, 0.3) is 0 Å². The molecule has 20 heavy (non-hydrogen) atoms. The highest BCUT2D eigenvalue weighted by molar-refractivity contribution is 7.99. The third-order valence-corrected chi connectivity index (χ3v) is 4.39. The van der Waals surface area contributed by atoms with Crippen LogP contribution in [-0.4, -0.2) is 12.8 Å². The summed E-state index contributed by atoms with van der Waals surface area (Å²) >= 11 is 1.78. The highest BCUT2D eigenvalue weighted by Crippen LogP contribution is 2.28. The molecule has 2 nitrogen and oxygen atoms in total. The Morgan fingerprint density at radius 3 is 2.20 bits per heavy atom. The van der Waals surface area contributed by atoms with Gasteiger partial charge < -0.3 is 0 Å². The third-order valence-electron chi connectivity index (χ3n) is 3.37. The molecular weight excluding hydrogens is 264 g/mol. The summed E-state index contributed by atoms with van der Waals surface area (Å²) in [6.45, 7) is 0. The summed E-state index contributed by atoms with van der Waals surface area (Å²) < 4.78 is 0. The van der Waals surface area contributed by atoms with Crippen LogP contribution in [0.15, 0.2) is 65.6 Å². The van der Waals surface area contributed by atoms with Crippen LogP contribution >= 0.6 is 11.8 Å². The quantitative estimate of drug-likeness (QED) is 0.818. The zero-order valence-corrected chi connectivity index (χ0v) is 12.4. The van der Waals surface area contributed by atoms with Crippen LogP contribution in [0, 0.1) is 11.3 Å². The van der Waals surface area contributed by atoms with Gasteiger partial charge in [-0.3, -0.25) is 5.32 Å². The first-order valence-electron chi connectivity index (χ1n) is 6.64. The average molecular weight is 282 g/mol. The van der Waals surface area contributed by atoms with Crippen molar-refractivity contribution in [1.29, 1.82) is 5.26 Å². The number of nitrogens with zero attached hydrogens (tertiary/aromatic N) is 1. The molecule has 0 spiro atoms. The van der Waals surface area contributed by atoms with Gasteiger partial charge in [0.05, 0.1) is 6.07 Å². The van der Waals surface area contributed by atoms with Gasteiger partial charge in [-0.1, -0.05) is 48.5 Å². The Morgan fingerprint density at radius 1 is 1.05 bits per heavy atom. The van der Waals surface area contributed by atoms with Gasteiger partial charge in [0, 0.05) is 10.6 Å². The lowest BCUT2D eigenvalue weighted by Crippen LogP contribution is -2.39. The molecule has 1 atom stereocenters. The van der Waals surface area contributed by atoms with E-state index in [1.54, 1.807) is 11.8 Å². The molecule has 0 aliphatic heterocycles. The van der Waals surface area contributed by atoms with E-state index < -0.39 is 5.54 Å². The highest BCUT2D eigenvalue weighted by atomic mass is 32.2. The van der Waals surface area contributed by atoms with E-state index in [9.17, 15) is 5.26 Å². The lowest BCUT2D eigenvalue weighted by atomic mass is 9.89. The molecule has 1 unspecified atom stereocenters. The van der Waals surface area contributed by atoms with Gasteiger partial charge in [0.2, 0.25) is 0 Å². The molecule has 2 aromatic carbocycles. The lowest BCUT2D eigenvalue weighted by molar-refractivity contribution is 0.457.